The van der Waals surface area contributed by atoms with Crippen molar-refractivity contribution in [1.29, 1.82) is 0 Å². The molecule has 0 aromatic carbocycles. The van der Waals surface area contributed by atoms with E-state index in [9.17, 15) is 14.7 Å². The molecule has 1 N–H and O–H groups in total. The molecule has 4 nitrogen and oxygen atoms in total. The number of carboxylic acids is 1. The Morgan fingerprint density at radius 2 is 1.23 bits per heavy atom. The maximum Gasteiger partial charge on any atom is 0.309 e. The van der Waals surface area contributed by atoms with Crippen LogP contribution >= 0.6 is 0 Å². The topological polar surface area (TPSA) is 63.6 Å². The van der Waals surface area contributed by atoms with Gasteiger partial charge in [-0.2, -0.15) is 0 Å². The van der Waals surface area contributed by atoms with Crippen LogP contribution in [0.1, 0.15) is 129 Å². The Morgan fingerprint density at radius 1 is 0.742 bits per heavy atom. The largest absolute Gasteiger partial charge is 0.481 e. The second-order valence-corrected chi connectivity index (χ2v) is 9.29. The van der Waals surface area contributed by atoms with Gasteiger partial charge in [-0.05, 0) is 32.1 Å². The fraction of sp³-hybridized carbons (Fsp3) is 0.852. The summed E-state index contributed by atoms with van der Waals surface area (Å²) >= 11 is 0. The van der Waals surface area contributed by atoms with Crippen LogP contribution in [0.15, 0.2) is 12.2 Å². The van der Waals surface area contributed by atoms with Gasteiger partial charge in [-0.15, -0.1) is 0 Å². The molecule has 1 aliphatic carbocycles. The molecule has 1 aliphatic rings. The molecule has 31 heavy (non-hydrogen) atoms. The third-order valence-corrected chi connectivity index (χ3v) is 6.56. The first-order valence-corrected chi connectivity index (χ1v) is 13.2. The Labute approximate surface area is 191 Å². The van der Waals surface area contributed by atoms with Gasteiger partial charge >= 0.3 is 11.9 Å². The van der Waals surface area contributed by atoms with Crippen LogP contribution in [0.2, 0.25) is 0 Å². The summed E-state index contributed by atoms with van der Waals surface area (Å²) in [5, 5.41) is 9.27. The fourth-order valence-corrected chi connectivity index (χ4v) is 4.56. The molecule has 180 valence electrons. The minimum atomic E-state index is -0.862. The van der Waals surface area contributed by atoms with Crippen LogP contribution in [-0.4, -0.2) is 23.7 Å². The first-order valence-electron chi connectivity index (χ1n) is 13.2. The predicted molar refractivity (Wildman–Crippen MR) is 128 cm³/mol. The molecule has 2 atom stereocenters. The number of esters is 1. The number of ether oxygens (including phenoxy) is 1. The van der Waals surface area contributed by atoms with Crippen molar-refractivity contribution in [3.8, 4) is 0 Å². The number of hydrogen-bond acceptors (Lipinski definition) is 3. The van der Waals surface area contributed by atoms with Crippen molar-refractivity contribution >= 4 is 11.9 Å². The Hall–Kier alpha value is -1.32. The number of aliphatic carboxylic acids is 1. The average Bonchev–Trinajstić information content (AvgIpc) is 2.78. The molecule has 0 spiro atoms. The highest BCUT2D eigenvalue weighted by atomic mass is 16.5. The Bertz CT molecular complexity index is 486. The SMILES string of the molecule is CCCCCCCCCCCCCCC/C=C/CCOC(=O)C1CCCCC1C(=O)O. The maximum atomic E-state index is 12.2. The van der Waals surface area contributed by atoms with E-state index >= 15 is 0 Å². The van der Waals surface area contributed by atoms with Crippen LogP contribution < -0.4 is 0 Å². The molecule has 0 aromatic heterocycles. The first-order chi connectivity index (χ1) is 15.2. The molecular weight excluding hydrogens is 388 g/mol. The number of allylic oxidation sites excluding steroid dienone is 1. The van der Waals surface area contributed by atoms with E-state index in [0.29, 0.717) is 25.9 Å². The van der Waals surface area contributed by atoms with E-state index < -0.39 is 17.8 Å². The van der Waals surface area contributed by atoms with Crippen molar-refractivity contribution in [1.82, 2.24) is 0 Å². The van der Waals surface area contributed by atoms with Crippen molar-refractivity contribution in [3.05, 3.63) is 12.2 Å². The zero-order valence-corrected chi connectivity index (χ0v) is 20.1. The maximum absolute atomic E-state index is 12.2. The van der Waals surface area contributed by atoms with Crippen LogP contribution in [0, 0.1) is 11.8 Å². The van der Waals surface area contributed by atoms with Gasteiger partial charge in [-0.1, -0.05) is 109 Å². The summed E-state index contributed by atoms with van der Waals surface area (Å²) in [6.07, 6.45) is 27.0. The monoisotopic (exact) mass is 436 g/mol. The number of carboxylic acid groups (broad SMARTS) is 1. The van der Waals surface area contributed by atoms with Crippen LogP contribution in [0.3, 0.4) is 0 Å². The third kappa shape index (κ3) is 14.4. The lowest BCUT2D eigenvalue weighted by Gasteiger charge is -2.26. The standard InChI is InChI=1S/C27H48O4/c1-2-3-4-5-6-7-8-9-10-11-12-13-14-15-16-17-20-23-31-27(30)25-22-19-18-21-24(25)26(28)29/h16-17,24-25H,2-15,18-23H2,1H3,(H,28,29)/b17-16+. The smallest absolute Gasteiger partial charge is 0.309 e. The molecule has 4 heteroatoms. The van der Waals surface area contributed by atoms with Crippen molar-refractivity contribution in [3.63, 3.8) is 0 Å². The number of unbranched alkanes of at least 4 members (excludes halogenated alkanes) is 13. The minimum absolute atomic E-state index is 0.322. The Kier molecular flexibility index (Phi) is 17.3. The lowest BCUT2D eigenvalue weighted by Crippen LogP contribution is -2.33. The molecular formula is C27H48O4. The number of hydrogen-bond donors (Lipinski definition) is 1. The first kappa shape index (κ1) is 27.7. The summed E-state index contributed by atoms with van der Waals surface area (Å²) in [6.45, 7) is 2.63. The van der Waals surface area contributed by atoms with E-state index in [1.807, 2.05) is 0 Å². The molecule has 0 amide bonds. The van der Waals surface area contributed by atoms with Gasteiger partial charge in [-0.3, -0.25) is 9.59 Å². The Balaban J connectivity index is 1.88. The Morgan fingerprint density at radius 3 is 1.77 bits per heavy atom. The van der Waals surface area contributed by atoms with Gasteiger partial charge in [0.25, 0.3) is 0 Å². The highest BCUT2D eigenvalue weighted by Crippen LogP contribution is 2.31. The molecule has 0 saturated heterocycles. The molecule has 2 unspecified atom stereocenters. The summed E-state index contributed by atoms with van der Waals surface area (Å²) < 4.78 is 5.33. The van der Waals surface area contributed by atoms with E-state index in [4.69, 9.17) is 4.74 Å². The molecule has 0 heterocycles. The minimum Gasteiger partial charge on any atom is -0.481 e. The van der Waals surface area contributed by atoms with E-state index in [-0.39, 0.29) is 5.97 Å². The summed E-state index contributed by atoms with van der Waals surface area (Å²) in [7, 11) is 0. The normalized spacial score (nSPS) is 19.0. The number of carbonyl (C=O) groups excluding carboxylic acids is 1. The van der Waals surface area contributed by atoms with Crippen molar-refractivity contribution in [2.24, 2.45) is 11.8 Å². The molecule has 0 aromatic rings. The van der Waals surface area contributed by atoms with Crippen LogP contribution in [0.4, 0.5) is 0 Å². The lowest BCUT2D eigenvalue weighted by atomic mass is 9.79. The van der Waals surface area contributed by atoms with E-state index in [1.54, 1.807) is 0 Å². The van der Waals surface area contributed by atoms with Gasteiger partial charge < -0.3 is 9.84 Å². The van der Waals surface area contributed by atoms with Crippen molar-refractivity contribution < 1.29 is 19.4 Å². The molecule has 1 fully saturated rings. The number of rotatable bonds is 19. The van der Waals surface area contributed by atoms with Gasteiger partial charge in [0.1, 0.15) is 0 Å². The van der Waals surface area contributed by atoms with Crippen LogP contribution in [-0.2, 0) is 14.3 Å². The molecule has 1 saturated carbocycles. The van der Waals surface area contributed by atoms with Gasteiger partial charge in [0.05, 0.1) is 18.4 Å². The molecule has 1 rings (SSSR count). The predicted octanol–water partition coefficient (Wildman–Crippen LogP) is 7.85. The van der Waals surface area contributed by atoms with Gasteiger partial charge in [0, 0.05) is 0 Å². The van der Waals surface area contributed by atoms with E-state index in [2.05, 4.69) is 19.1 Å². The van der Waals surface area contributed by atoms with Gasteiger partial charge in [-0.25, -0.2) is 0 Å². The second kappa shape index (κ2) is 19.4. The summed E-state index contributed by atoms with van der Waals surface area (Å²) in [5.41, 5.74) is 0. The molecule has 0 aliphatic heterocycles. The summed E-state index contributed by atoms with van der Waals surface area (Å²) in [6, 6.07) is 0. The van der Waals surface area contributed by atoms with Gasteiger partial charge in [0.2, 0.25) is 0 Å². The van der Waals surface area contributed by atoms with E-state index in [1.165, 1.54) is 83.5 Å². The lowest BCUT2D eigenvalue weighted by molar-refractivity contribution is -0.159. The average molecular weight is 437 g/mol. The van der Waals surface area contributed by atoms with Gasteiger partial charge in [0.15, 0.2) is 0 Å². The third-order valence-electron chi connectivity index (χ3n) is 6.56. The summed E-state index contributed by atoms with van der Waals surface area (Å²) in [5.74, 6) is -2.20. The molecule has 0 bridgehead atoms. The van der Waals surface area contributed by atoms with Crippen molar-refractivity contribution in [2.75, 3.05) is 6.61 Å². The zero-order valence-electron chi connectivity index (χ0n) is 20.1. The second-order valence-electron chi connectivity index (χ2n) is 9.29. The summed E-state index contributed by atoms with van der Waals surface area (Å²) in [4.78, 5) is 23.5. The fourth-order valence-electron chi connectivity index (χ4n) is 4.56. The highest BCUT2D eigenvalue weighted by Gasteiger charge is 2.36. The van der Waals surface area contributed by atoms with Crippen molar-refractivity contribution in [2.45, 2.75) is 129 Å². The highest BCUT2D eigenvalue weighted by molar-refractivity contribution is 5.81. The molecule has 0 radical (unpaired) electrons. The van der Waals surface area contributed by atoms with Crippen LogP contribution in [0.25, 0.3) is 0 Å². The number of carbonyl (C=O) groups is 2. The van der Waals surface area contributed by atoms with Crippen LogP contribution in [0.5, 0.6) is 0 Å². The quantitative estimate of drug-likeness (QED) is 0.127. The zero-order chi connectivity index (χ0) is 22.6. The van der Waals surface area contributed by atoms with E-state index in [0.717, 1.165) is 19.3 Å².